The first-order valence-corrected chi connectivity index (χ1v) is 13.5. The molecular weight excluding hydrogens is 552 g/mol. The van der Waals surface area contributed by atoms with Gasteiger partial charge in [0.25, 0.3) is 0 Å². The van der Waals surface area contributed by atoms with Gasteiger partial charge in [-0.15, -0.1) is 0 Å². The molecule has 0 atom stereocenters. The molecule has 0 aliphatic rings. The van der Waals surface area contributed by atoms with Crippen molar-refractivity contribution >= 4 is 15.9 Å². The van der Waals surface area contributed by atoms with Gasteiger partial charge in [-0.2, -0.15) is 0 Å². The Hall–Kier alpha value is -4.22. The highest BCUT2D eigenvalue weighted by molar-refractivity contribution is 9.10. The fourth-order valence-corrected chi connectivity index (χ4v) is 4.32. The summed E-state index contributed by atoms with van der Waals surface area (Å²) in [5.74, 6) is 2.90. The number of hydrogen-bond donors (Lipinski definition) is 0. The van der Waals surface area contributed by atoms with Crippen LogP contribution < -0.4 is 18.9 Å². The maximum absolute atomic E-state index is 6.23. The first kappa shape index (κ1) is 26.4. The summed E-state index contributed by atoms with van der Waals surface area (Å²) in [6.45, 7) is 1.67. The minimum absolute atomic E-state index is 0.377. The topological polar surface area (TPSA) is 36.9 Å². The SMILES string of the molecule is Brc1c[c]ccc1OCc1ccccc1OCc1ccc(OCc2ccccc2)c(OCc2ccccc2)c1. The molecule has 0 heterocycles. The molecule has 4 nitrogen and oxygen atoms in total. The van der Waals surface area contributed by atoms with E-state index in [4.69, 9.17) is 18.9 Å². The van der Waals surface area contributed by atoms with Gasteiger partial charge in [0.1, 0.15) is 37.9 Å². The molecule has 0 bridgehead atoms. The molecule has 0 aliphatic heterocycles. The number of hydrogen-bond acceptors (Lipinski definition) is 4. The van der Waals surface area contributed by atoms with Crippen LogP contribution in [0.4, 0.5) is 0 Å². The number of ether oxygens (including phenoxy) is 4. The van der Waals surface area contributed by atoms with E-state index in [2.05, 4.69) is 22.0 Å². The van der Waals surface area contributed by atoms with Gasteiger partial charge < -0.3 is 18.9 Å². The molecule has 39 heavy (non-hydrogen) atoms. The molecule has 1 radical (unpaired) electrons. The summed E-state index contributed by atoms with van der Waals surface area (Å²) in [4.78, 5) is 0. The van der Waals surface area contributed by atoms with Crippen LogP contribution in [0, 0.1) is 6.07 Å². The van der Waals surface area contributed by atoms with Crippen LogP contribution in [0.3, 0.4) is 0 Å². The highest BCUT2D eigenvalue weighted by Crippen LogP contribution is 2.31. The summed E-state index contributed by atoms with van der Waals surface area (Å²) in [6, 6.07) is 42.6. The molecule has 195 valence electrons. The number of rotatable bonds is 12. The summed E-state index contributed by atoms with van der Waals surface area (Å²) >= 11 is 3.50. The predicted molar refractivity (Wildman–Crippen MR) is 156 cm³/mol. The molecule has 0 spiro atoms. The third-order valence-corrected chi connectivity index (χ3v) is 6.63. The number of halogens is 1. The molecule has 5 heteroatoms. The van der Waals surface area contributed by atoms with E-state index in [1.807, 2.05) is 121 Å². The van der Waals surface area contributed by atoms with Gasteiger partial charge in [0.05, 0.1) is 4.47 Å². The minimum atomic E-state index is 0.377. The van der Waals surface area contributed by atoms with Crippen molar-refractivity contribution in [1.82, 2.24) is 0 Å². The smallest absolute Gasteiger partial charge is 0.162 e. The summed E-state index contributed by atoms with van der Waals surface area (Å²) in [6.07, 6.45) is 0. The lowest BCUT2D eigenvalue weighted by molar-refractivity contribution is 0.253. The molecule has 0 fully saturated rings. The number of benzene rings is 5. The van der Waals surface area contributed by atoms with E-state index in [1.54, 1.807) is 0 Å². The van der Waals surface area contributed by atoms with Crippen molar-refractivity contribution in [3.63, 3.8) is 0 Å². The van der Waals surface area contributed by atoms with E-state index in [1.165, 1.54) is 0 Å². The van der Waals surface area contributed by atoms with E-state index in [-0.39, 0.29) is 0 Å². The quantitative estimate of drug-likeness (QED) is 0.148. The van der Waals surface area contributed by atoms with Crippen LogP contribution in [0.1, 0.15) is 22.3 Å². The Labute approximate surface area is 237 Å². The van der Waals surface area contributed by atoms with E-state index >= 15 is 0 Å². The highest BCUT2D eigenvalue weighted by Gasteiger charge is 2.11. The average Bonchev–Trinajstić information content (AvgIpc) is 2.99. The van der Waals surface area contributed by atoms with Crippen LogP contribution in [0.25, 0.3) is 0 Å². The van der Waals surface area contributed by atoms with Crippen molar-refractivity contribution in [2.75, 3.05) is 0 Å². The largest absolute Gasteiger partial charge is 0.488 e. The summed E-state index contributed by atoms with van der Waals surface area (Å²) in [5.41, 5.74) is 4.12. The van der Waals surface area contributed by atoms with Gasteiger partial charge in [-0.25, -0.2) is 0 Å². The van der Waals surface area contributed by atoms with Crippen molar-refractivity contribution in [1.29, 1.82) is 0 Å². The summed E-state index contributed by atoms with van der Waals surface area (Å²) in [5, 5.41) is 0. The van der Waals surface area contributed by atoms with Crippen LogP contribution in [-0.2, 0) is 26.4 Å². The molecule has 0 N–H and O–H groups in total. The van der Waals surface area contributed by atoms with Crippen LogP contribution in [0.5, 0.6) is 23.0 Å². The van der Waals surface area contributed by atoms with Gasteiger partial charge in [-0.05, 0) is 69.0 Å². The lowest BCUT2D eigenvalue weighted by Gasteiger charge is -2.16. The summed E-state index contributed by atoms with van der Waals surface area (Å²) < 4.78 is 25.5. The molecule has 0 aliphatic carbocycles. The Morgan fingerprint density at radius 1 is 0.487 bits per heavy atom. The van der Waals surface area contributed by atoms with E-state index in [0.29, 0.717) is 37.9 Å². The molecule has 0 aromatic heterocycles. The average molecular weight is 580 g/mol. The fraction of sp³-hybridized carbons (Fsp3) is 0.118. The van der Waals surface area contributed by atoms with Crippen molar-refractivity contribution in [2.24, 2.45) is 0 Å². The highest BCUT2D eigenvalue weighted by atomic mass is 79.9. The van der Waals surface area contributed by atoms with Gasteiger partial charge in [-0.1, -0.05) is 91.0 Å². The monoisotopic (exact) mass is 579 g/mol. The molecule has 5 aromatic rings. The van der Waals surface area contributed by atoms with Gasteiger partial charge in [0.2, 0.25) is 0 Å². The molecule has 5 rings (SSSR count). The molecular formula is C34H28BrO4. The first-order chi connectivity index (χ1) is 19.2. The minimum Gasteiger partial charge on any atom is -0.488 e. The van der Waals surface area contributed by atoms with Crippen molar-refractivity contribution in [3.05, 3.63) is 154 Å². The Balaban J connectivity index is 1.28. The van der Waals surface area contributed by atoms with Crippen LogP contribution in [0.15, 0.2) is 126 Å². The zero-order chi connectivity index (χ0) is 26.7. The maximum atomic E-state index is 6.23. The van der Waals surface area contributed by atoms with Crippen LogP contribution in [-0.4, -0.2) is 0 Å². The second-order valence-corrected chi connectivity index (χ2v) is 9.73. The van der Waals surface area contributed by atoms with Gasteiger partial charge in [0, 0.05) is 5.56 Å². The zero-order valence-electron chi connectivity index (χ0n) is 21.4. The van der Waals surface area contributed by atoms with E-state index in [9.17, 15) is 0 Å². The van der Waals surface area contributed by atoms with Crippen molar-refractivity contribution < 1.29 is 18.9 Å². The zero-order valence-corrected chi connectivity index (χ0v) is 23.0. The molecule has 0 saturated carbocycles. The fourth-order valence-electron chi connectivity index (χ4n) is 3.94. The molecule has 0 amide bonds. The van der Waals surface area contributed by atoms with E-state index in [0.717, 1.165) is 38.2 Å². The van der Waals surface area contributed by atoms with Crippen molar-refractivity contribution in [3.8, 4) is 23.0 Å². The molecule has 5 aromatic carbocycles. The standard InChI is InChI=1S/C34H28BrO4/c35-30-16-8-10-18-32(30)39-25-29-15-7-9-17-31(29)36-24-28-19-20-33(37-22-26-11-3-1-4-12-26)34(21-28)38-23-27-13-5-2-6-14-27/h1-7,9-21H,22-25H2. The molecule has 0 unspecified atom stereocenters. The van der Waals surface area contributed by atoms with Gasteiger partial charge in [-0.3, -0.25) is 0 Å². The maximum Gasteiger partial charge on any atom is 0.162 e. The van der Waals surface area contributed by atoms with Gasteiger partial charge >= 0.3 is 0 Å². The second-order valence-electron chi connectivity index (χ2n) is 8.87. The first-order valence-electron chi connectivity index (χ1n) is 12.7. The third kappa shape index (κ3) is 7.65. The normalized spacial score (nSPS) is 10.6. The van der Waals surface area contributed by atoms with Crippen LogP contribution >= 0.6 is 15.9 Å². The van der Waals surface area contributed by atoms with E-state index < -0.39 is 0 Å². The summed E-state index contributed by atoms with van der Waals surface area (Å²) in [7, 11) is 0. The Kier molecular flexibility index (Phi) is 9.16. The van der Waals surface area contributed by atoms with Gasteiger partial charge in [0.15, 0.2) is 11.5 Å². The second kappa shape index (κ2) is 13.5. The Morgan fingerprint density at radius 2 is 1.08 bits per heavy atom. The lowest BCUT2D eigenvalue weighted by Crippen LogP contribution is -2.04. The Morgan fingerprint density at radius 3 is 1.79 bits per heavy atom. The number of para-hydroxylation sites is 1. The van der Waals surface area contributed by atoms with Crippen molar-refractivity contribution in [2.45, 2.75) is 26.4 Å². The predicted octanol–water partition coefficient (Wildman–Crippen LogP) is 8.57. The lowest BCUT2D eigenvalue weighted by atomic mass is 10.2. The molecule has 0 saturated heterocycles. The Bertz CT molecular complexity index is 1470. The van der Waals surface area contributed by atoms with Crippen LogP contribution in [0.2, 0.25) is 0 Å². The third-order valence-electron chi connectivity index (χ3n) is 6.01.